The van der Waals surface area contributed by atoms with Gasteiger partial charge < -0.3 is 14.0 Å². The van der Waals surface area contributed by atoms with Crippen molar-refractivity contribution in [3.63, 3.8) is 0 Å². The molecular formula is C23H28F3N3O3. The van der Waals surface area contributed by atoms with E-state index in [-0.39, 0.29) is 36.1 Å². The first-order valence-corrected chi connectivity index (χ1v) is 10.7. The smallest absolute Gasteiger partial charge is 0.417 e. The van der Waals surface area contributed by atoms with E-state index in [4.69, 9.17) is 4.74 Å². The van der Waals surface area contributed by atoms with Gasteiger partial charge in [-0.2, -0.15) is 13.2 Å². The van der Waals surface area contributed by atoms with Gasteiger partial charge in [0.25, 0.3) is 0 Å². The Morgan fingerprint density at radius 3 is 2.28 bits per heavy atom. The number of nitrogens with zero attached hydrogens (tertiary/aromatic N) is 3. The Balaban J connectivity index is 1.43. The van der Waals surface area contributed by atoms with E-state index < -0.39 is 22.8 Å². The molecule has 1 unspecified atom stereocenters. The average Bonchev–Trinajstić information content (AvgIpc) is 3.00. The van der Waals surface area contributed by atoms with Crippen LogP contribution < -0.4 is 0 Å². The van der Waals surface area contributed by atoms with Crippen LogP contribution in [-0.4, -0.2) is 44.9 Å². The number of imidazole rings is 1. The Morgan fingerprint density at radius 1 is 1.09 bits per heavy atom. The molecule has 6 nitrogen and oxygen atoms in total. The fourth-order valence-corrected chi connectivity index (χ4v) is 4.77. The molecule has 3 heterocycles. The first kappa shape index (κ1) is 22.6. The highest BCUT2D eigenvalue weighted by atomic mass is 19.4. The van der Waals surface area contributed by atoms with Crippen LogP contribution >= 0.6 is 0 Å². The number of piperidine rings is 1. The Kier molecular flexibility index (Phi) is 5.10. The van der Waals surface area contributed by atoms with Gasteiger partial charge in [0.2, 0.25) is 0 Å². The Labute approximate surface area is 184 Å². The Hall–Kier alpha value is -2.58. The van der Waals surface area contributed by atoms with Crippen molar-refractivity contribution in [2.24, 2.45) is 17.8 Å². The maximum Gasteiger partial charge on any atom is 0.417 e. The van der Waals surface area contributed by atoms with Gasteiger partial charge in [0, 0.05) is 37.0 Å². The molecule has 1 amide bonds. The summed E-state index contributed by atoms with van der Waals surface area (Å²) in [5.41, 5.74) is -1.52. The summed E-state index contributed by atoms with van der Waals surface area (Å²) in [6.45, 7) is 10.1. The Bertz CT molecular complexity index is 1060. The van der Waals surface area contributed by atoms with E-state index in [1.54, 1.807) is 4.90 Å². The summed E-state index contributed by atoms with van der Waals surface area (Å²) in [5.74, 6) is 0.620. The lowest BCUT2D eigenvalue weighted by molar-refractivity contribution is -0.138. The van der Waals surface area contributed by atoms with Crippen LogP contribution in [0.15, 0.2) is 24.5 Å². The lowest BCUT2D eigenvalue weighted by atomic mass is 9.84. The van der Waals surface area contributed by atoms with Crippen molar-refractivity contribution >= 4 is 17.4 Å². The zero-order chi connectivity index (χ0) is 23.6. The maximum absolute atomic E-state index is 13.2. The molecule has 0 bridgehead atoms. The first-order chi connectivity index (χ1) is 14.7. The Morgan fingerprint density at radius 2 is 1.72 bits per heavy atom. The van der Waals surface area contributed by atoms with Crippen LogP contribution in [0.3, 0.4) is 0 Å². The first-order valence-electron chi connectivity index (χ1n) is 10.7. The number of pyridine rings is 1. The summed E-state index contributed by atoms with van der Waals surface area (Å²) in [4.78, 5) is 31.3. The van der Waals surface area contributed by atoms with Gasteiger partial charge in [-0.1, -0.05) is 13.8 Å². The molecule has 2 fully saturated rings. The fraction of sp³-hybridized carbons (Fsp3) is 0.609. The molecule has 1 saturated carbocycles. The number of aromatic nitrogens is 2. The highest BCUT2D eigenvalue weighted by Gasteiger charge is 2.60. The topological polar surface area (TPSA) is 63.9 Å². The van der Waals surface area contributed by atoms with Crippen molar-refractivity contribution in [3.8, 4) is 0 Å². The molecule has 1 aliphatic heterocycles. The van der Waals surface area contributed by atoms with Gasteiger partial charge >= 0.3 is 12.3 Å². The number of hydrogen-bond acceptors (Lipinski definition) is 4. The summed E-state index contributed by atoms with van der Waals surface area (Å²) in [6.07, 6.45) is -2.09. The number of rotatable bonds is 4. The molecule has 1 saturated heterocycles. The molecule has 3 atom stereocenters. The summed E-state index contributed by atoms with van der Waals surface area (Å²) in [6, 6.07) is 2.41. The third-order valence-corrected chi connectivity index (χ3v) is 6.29. The van der Waals surface area contributed by atoms with Crippen LogP contribution in [0.2, 0.25) is 0 Å². The summed E-state index contributed by atoms with van der Waals surface area (Å²) in [7, 11) is 0. The van der Waals surface area contributed by atoms with Crippen molar-refractivity contribution < 1.29 is 27.5 Å². The lowest BCUT2D eigenvalue weighted by Crippen LogP contribution is -2.38. The molecule has 4 rings (SSSR count). The minimum absolute atomic E-state index is 0.0672. The van der Waals surface area contributed by atoms with Crippen molar-refractivity contribution in [1.29, 1.82) is 0 Å². The van der Waals surface area contributed by atoms with Gasteiger partial charge in [-0.15, -0.1) is 0 Å². The van der Waals surface area contributed by atoms with E-state index in [2.05, 4.69) is 4.98 Å². The predicted octanol–water partition coefficient (Wildman–Crippen LogP) is 4.70. The van der Waals surface area contributed by atoms with Crippen molar-refractivity contribution in [1.82, 2.24) is 14.3 Å². The maximum atomic E-state index is 13.2. The number of alkyl halides is 3. The number of hydrogen-bond donors (Lipinski definition) is 0. The SMILES string of the molecule is CC(C)(C)OC(=O)N1C[C@@H]2C(C(=O)CC(C)(C)c3ncc4ccc(C(F)(F)F)cn34)[C@@H]2C1. The molecule has 9 heteroatoms. The van der Waals surface area contributed by atoms with Crippen LogP contribution in [0, 0.1) is 17.8 Å². The van der Waals surface area contributed by atoms with E-state index in [0.717, 1.165) is 12.3 Å². The van der Waals surface area contributed by atoms with Crippen LogP contribution in [0.1, 0.15) is 52.4 Å². The number of likely N-dealkylation sites (tertiary alicyclic amines) is 1. The number of Topliss-reactive ketones (excluding diaryl/α,β-unsaturated/α-hetero) is 1. The number of ether oxygens (including phenoxy) is 1. The number of amides is 1. The number of fused-ring (bicyclic) bond motifs is 2. The summed E-state index contributed by atoms with van der Waals surface area (Å²) >= 11 is 0. The van der Waals surface area contributed by atoms with Gasteiger partial charge in [-0.25, -0.2) is 9.78 Å². The van der Waals surface area contributed by atoms with E-state index in [1.165, 1.54) is 16.7 Å². The normalized spacial score (nSPS) is 23.4. The molecule has 2 aromatic rings. The standard InChI is InChI=1S/C23H28F3N3O3/c1-21(2,3)32-20(31)28-11-15-16(12-28)18(15)17(30)8-22(4,5)19-27-9-14-7-6-13(10-29(14)19)23(24,25)26/h6-7,9-10,15-16,18H,8,11-12H2,1-5H3/t15-,16+,18?. The molecule has 0 aromatic carbocycles. The van der Waals surface area contributed by atoms with E-state index >= 15 is 0 Å². The molecule has 0 radical (unpaired) electrons. The van der Waals surface area contributed by atoms with Crippen LogP contribution in [-0.2, 0) is 21.1 Å². The second kappa shape index (κ2) is 7.22. The number of ketones is 1. The van der Waals surface area contributed by atoms with Gasteiger partial charge in [0.15, 0.2) is 0 Å². The zero-order valence-electron chi connectivity index (χ0n) is 18.9. The van der Waals surface area contributed by atoms with Crippen LogP contribution in [0.25, 0.3) is 5.52 Å². The summed E-state index contributed by atoms with van der Waals surface area (Å²) in [5, 5.41) is 0. The second-order valence-electron chi connectivity index (χ2n) is 10.6. The summed E-state index contributed by atoms with van der Waals surface area (Å²) < 4.78 is 46.3. The monoisotopic (exact) mass is 451 g/mol. The zero-order valence-corrected chi connectivity index (χ0v) is 18.9. The van der Waals surface area contributed by atoms with Gasteiger partial charge in [-0.3, -0.25) is 4.79 Å². The lowest BCUT2D eigenvalue weighted by Gasteiger charge is -2.26. The van der Waals surface area contributed by atoms with Crippen LogP contribution in [0.5, 0.6) is 0 Å². The second-order valence-corrected chi connectivity index (χ2v) is 10.6. The molecular weight excluding hydrogens is 423 g/mol. The van der Waals surface area contributed by atoms with Gasteiger partial charge in [0.05, 0.1) is 17.3 Å². The highest BCUT2D eigenvalue weighted by molar-refractivity contribution is 5.86. The third-order valence-electron chi connectivity index (χ3n) is 6.29. The third kappa shape index (κ3) is 4.21. The van der Waals surface area contributed by atoms with E-state index in [9.17, 15) is 22.8 Å². The van der Waals surface area contributed by atoms with Crippen molar-refractivity contribution in [2.45, 2.75) is 58.2 Å². The number of carbonyl (C=O) groups excluding carboxylic acids is 2. The molecule has 0 spiro atoms. The molecule has 32 heavy (non-hydrogen) atoms. The minimum atomic E-state index is -4.46. The number of carbonyl (C=O) groups is 2. The minimum Gasteiger partial charge on any atom is -0.444 e. The largest absolute Gasteiger partial charge is 0.444 e. The van der Waals surface area contributed by atoms with E-state index in [0.29, 0.717) is 24.4 Å². The highest BCUT2D eigenvalue weighted by Crippen LogP contribution is 2.53. The van der Waals surface area contributed by atoms with Crippen molar-refractivity contribution in [3.05, 3.63) is 35.9 Å². The number of halogens is 3. The van der Waals surface area contributed by atoms with Gasteiger partial charge in [-0.05, 0) is 44.7 Å². The predicted molar refractivity (Wildman–Crippen MR) is 111 cm³/mol. The van der Waals surface area contributed by atoms with E-state index in [1.807, 2.05) is 34.6 Å². The fourth-order valence-electron chi connectivity index (χ4n) is 4.77. The molecule has 1 aliphatic carbocycles. The van der Waals surface area contributed by atoms with Crippen LogP contribution in [0.4, 0.5) is 18.0 Å². The quantitative estimate of drug-likeness (QED) is 0.676. The molecule has 0 N–H and O–H groups in total. The van der Waals surface area contributed by atoms with Crippen molar-refractivity contribution in [2.75, 3.05) is 13.1 Å². The molecule has 2 aliphatic rings. The molecule has 174 valence electrons. The molecule has 2 aromatic heterocycles. The van der Waals surface area contributed by atoms with Gasteiger partial charge in [0.1, 0.15) is 17.2 Å². The average molecular weight is 451 g/mol.